The van der Waals surface area contributed by atoms with Gasteiger partial charge in [-0.15, -0.1) is 6.58 Å². The summed E-state index contributed by atoms with van der Waals surface area (Å²) in [6.45, 7) is 3.56. The molecule has 0 spiro atoms. The van der Waals surface area contributed by atoms with Crippen LogP contribution in [0.3, 0.4) is 0 Å². The van der Waals surface area contributed by atoms with Gasteiger partial charge in [-0.2, -0.15) is 0 Å². The summed E-state index contributed by atoms with van der Waals surface area (Å²) in [7, 11) is 1.21. The fourth-order valence-electron chi connectivity index (χ4n) is 1.78. The third kappa shape index (κ3) is 5.33. The monoisotopic (exact) mass is 297 g/mol. The van der Waals surface area contributed by atoms with E-state index in [0.29, 0.717) is 25.3 Å². The van der Waals surface area contributed by atoms with Gasteiger partial charge in [0.2, 0.25) is 0 Å². The van der Waals surface area contributed by atoms with E-state index in [-0.39, 0.29) is 5.56 Å². The van der Waals surface area contributed by atoms with Crippen LogP contribution in [-0.2, 0) is 9.53 Å². The van der Waals surface area contributed by atoms with Crippen LogP contribution < -0.4 is 5.32 Å². The van der Waals surface area contributed by atoms with Gasteiger partial charge >= 0.3 is 5.97 Å². The van der Waals surface area contributed by atoms with Crippen LogP contribution >= 0.6 is 0 Å². The van der Waals surface area contributed by atoms with Crippen molar-refractivity contribution in [3.8, 4) is 0 Å². The lowest BCUT2D eigenvalue weighted by molar-refractivity contribution is -0.143. The molecule has 1 amide bonds. The molecule has 114 valence electrons. The zero-order valence-electron chi connectivity index (χ0n) is 11.7. The minimum absolute atomic E-state index is 0.190. The predicted octanol–water partition coefficient (Wildman–Crippen LogP) is 2.59. The number of carbonyl (C=O) groups excluding carboxylic acids is 2. The number of halogens is 2. The molecule has 0 aromatic heterocycles. The van der Waals surface area contributed by atoms with Gasteiger partial charge in [-0.1, -0.05) is 6.08 Å². The van der Waals surface area contributed by atoms with Gasteiger partial charge in [0.25, 0.3) is 5.91 Å². The summed E-state index contributed by atoms with van der Waals surface area (Å²) in [6.07, 6.45) is 3.35. The normalized spacial score (nSPS) is 11.6. The van der Waals surface area contributed by atoms with Gasteiger partial charge in [0, 0.05) is 11.6 Å². The standard InChI is InChI=1S/C15H17F2NO3/c1-3-4-5-6-13(15(20)21-2)18-14(19)10-7-11(16)9-12(17)8-10/h3,7-9,13H,1,4-6H2,2H3,(H,18,19)/t13-/m1/s1. The van der Waals surface area contributed by atoms with Crippen molar-refractivity contribution in [2.24, 2.45) is 0 Å². The second-order valence-corrected chi connectivity index (χ2v) is 4.43. The van der Waals surface area contributed by atoms with Crippen molar-refractivity contribution in [2.45, 2.75) is 25.3 Å². The highest BCUT2D eigenvalue weighted by Crippen LogP contribution is 2.10. The van der Waals surface area contributed by atoms with Gasteiger partial charge in [0.05, 0.1) is 7.11 Å². The van der Waals surface area contributed by atoms with E-state index in [1.54, 1.807) is 6.08 Å². The second-order valence-electron chi connectivity index (χ2n) is 4.43. The molecular weight excluding hydrogens is 280 g/mol. The number of hydrogen-bond donors (Lipinski definition) is 1. The maximum atomic E-state index is 13.1. The highest BCUT2D eigenvalue weighted by atomic mass is 19.1. The average molecular weight is 297 g/mol. The number of hydrogen-bond acceptors (Lipinski definition) is 3. The number of unbranched alkanes of at least 4 members (excludes halogenated alkanes) is 1. The van der Waals surface area contributed by atoms with Gasteiger partial charge in [-0.05, 0) is 31.4 Å². The largest absolute Gasteiger partial charge is 0.467 e. The molecule has 0 saturated carbocycles. The number of ether oxygens (including phenoxy) is 1. The molecular formula is C15H17F2NO3. The van der Waals surface area contributed by atoms with Crippen molar-refractivity contribution < 1.29 is 23.1 Å². The molecule has 0 heterocycles. The topological polar surface area (TPSA) is 55.4 Å². The number of allylic oxidation sites excluding steroid dienone is 1. The summed E-state index contributed by atoms with van der Waals surface area (Å²) in [5.41, 5.74) is -0.190. The van der Waals surface area contributed by atoms with E-state index >= 15 is 0 Å². The Morgan fingerprint density at radius 1 is 1.33 bits per heavy atom. The lowest BCUT2D eigenvalue weighted by Gasteiger charge is -2.16. The van der Waals surface area contributed by atoms with Crippen molar-refractivity contribution in [2.75, 3.05) is 7.11 Å². The van der Waals surface area contributed by atoms with Crippen molar-refractivity contribution in [3.63, 3.8) is 0 Å². The fraction of sp³-hybridized carbons (Fsp3) is 0.333. The molecule has 4 nitrogen and oxygen atoms in total. The molecule has 0 radical (unpaired) electrons. The summed E-state index contributed by atoms with van der Waals surface area (Å²) in [5.74, 6) is -3.06. The lowest BCUT2D eigenvalue weighted by atomic mass is 10.1. The number of rotatable bonds is 7. The highest BCUT2D eigenvalue weighted by molar-refractivity contribution is 5.96. The summed E-state index contributed by atoms with van der Waals surface area (Å²) >= 11 is 0. The lowest BCUT2D eigenvalue weighted by Crippen LogP contribution is -2.41. The molecule has 1 aromatic rings. The third-order valence-corrected chi connectivity index (χ3v) is 2.82. The van der Waals surface area contributed by atoms with Gasteiger partial charge < -0.3 is 10.1 Å². The quantitative estimate of drug-likeness (QED) is 0.478. The predicted molar refractivity (Wildman–Crippen MR) is 73.7 cm³/mol. The zero-order valence-corrected chi connectivity index (χ0v) is 11.7. The van der Waals surface area contributed by atoms with Crippen LogP contribution in [0.5, 0.6) is 0 Å². The van der Waals surface area contributed by atoms with Crippen LogP contribution in [0.25, 0.3) is 0 Å². The summed E-state index contributed by atoms with van der Waals surface area (Å²) in [5, 5.41) is 2.42. The molecule has 1 rings (SSSR count). The number of carbonyl (C=O) groups is 2. The van der Waals surface area contributed by atoms with Crippen LogP contribution in [0.2, 0.25) is 0 Å². The van der Waals surface area contributed by atoms with E-state index in [9.17, 15) is 18.4 Å². The molecule has 1 atom stereocenters. The van der Waals surface area contributed by atoms with Crippen molar-refractivity contribution >= 4 is 11.9 Å². The van der Waals surface area contributed by atoms with E-state index in [0.717, 1.165) is 12.1 Å². The van der Waals surface area contributed by atoms with Crippen LogP contribution in [0.15, 0.2) is 30.9 Å². The smallest absolute Gasteiger partial charge is 0.328 e. The minimum Gasteiger partial charge on any atom is -0.467 e. The van der Waals surface area contributed by atoms with Crippen LogP contribution in [0.4, 0.5) is 8.78 Å². The first-order chi connectivity index (χ1) is 9.97. The summed E-state index contributed by atoms with van der Waals surface area (Å²) < 4.78 is 30.8. The van der Waals surface area contributed by atoms with Gasteiger partial charge in [-0.25, -0.2) is 13.6 Å². The second kappa shape index (κ2) is 8.14. The molecule has 0 unspecified atom stereocenters. The molecule has 0 aliphatic carbocycles. The molecule has 0 aliphatic heterocycles. The Morgan fingerprint density at radius 2 is 1.95 bits per heavy atom. The van der Waals surface area contributed by atoms with E-state index < -0.39 is 29.6 Å². The Bertz CT molecular complexity index is 511. The van der Waals surface area contributed by atoms with Crippen LogP contribution in [0.1, 0.15) is 29.6 Å². The van der Waals surface area contributed by atoms with Gasteiger partial charge in [0.15, 0.2) is 0 Å². The van der Waals surface area contributed by atoms with Crippen molar-refractivity contribution in [3.05, 3.63) is 48.1 Å². The van der Waals surface area contributed by atoms with Crippen LogP contribution in [0, 0.1) is 11.6 Å². The molecule has 6 heteroatoms. The van der Waals surface area contributed by atoms with E-state index in [1.807, 2.05) is 0 Å². The number of nitrogens with one attached hydrogen (secondary N) is 1. The zero-order chi connectivity index (χ0) is 15.8. The molecule has 0 aliphatic rings. The molecule has 1 N–H and O–H groups in total. The van der Waals surface area contributed by atoms with Crippen molar-refractivity contribution in [1.82, 2.24) is 5.32 Å². The molecule has 0 bridgehead atoms. The van der Waals surface area contributed by atoms with Gasteiger partial charge in [0.1, 0.15) is 17.7 Å². The van der Waals surface area contributed by atoms with Crippen molar-refractivity contribution in [1.29, 1.82) is 0 Å². The Morgan fingerprint density at radius 3 is 2.48 bits per heavy atom. The Kier molecular flexibility index (Phi) is 6.52. The SMILES string of the molecule is C=CCCC[C@@H](NC(=O)c1cc(F)cc(F)c1)C(=O)OC. The summed E-state index contributed by atoms with van der Waals surface area (Å²) in [6, 6.07) is 1.60. The first-order valence-corrected chi connectivity index (χ1v) is 6.43. The number of amides is 1. The van der Waals surface area contributed by atoms with E-state index in [1.165, 1.54) is 7.11 Å². The Hall–Kier alpha value is -2.24. The van der Waals surface area contributed by atoms with Gasteiger partial charge in [-0.3, -0.25) is 4.79 Å². The number of esters is 1. The summed E-state index contributed by atoms with van der Waals surface area (Å²) in [4.78, 5) is 23.5. The molecule has 0 fully saturated rings. The maximum Gasteiger partial charge on any atom is 0.328 e. The average Bonchev–Trinajstić information content (AvgIpc) is 2.44. The first kappa shape index (κ1) is 16.8. The minimum atomic E-state index is -0.867. The number of benzene rings is 1. The Balaban J connectivity index is 2.78. The molecule has 21 heavy (non-hydrogen) atoms. The van der Waals surface area contributed by atoms with E-state index in [4.69, 9.17) is 0 Å². The maximum absolute atomic E-state index is 13.1. The fourth-order valence-corrected chi connectivity index (χ4v) is 1.78. The van der Waals surface area contributed by atoms with Crippen LogP contribution in [-0.4, -0.2) is 25.0 Å². The first-order valence-electron chi connectivity index (χ1n) is 6.43. The third-order valence-electron chi connectivity index (χ3n) is 2.82. The molecule has 0 saturated heterocycles. The highest BCUT2D eigenvalue weighted by Gasteiger charge is 2.22. The molecule has 1 aromatic carbocycles. The number of methoxy groups -OCH3 is 1. The Labute approximate surface area is 121 Å². The van der Waals surface area contributed by atoms with E-state index in [2.05, 4.69) is 16.6 Å².